The Labute approximate surface area is 126 Å². The molecule has 22 heavy (non-hydrogen) atoms. The first-order valence-electron chi connectivity index (χ1n) is 6.09. The summed E-state index contributed by atoms with van der Waals surface area (Å²) in [7, 11) is -3.06. The summed E-state index contributed by atoms with van der Waals surface area (Å²) in [6, 6.07) is 0. The third-order valence-electron chi connectivity index (χ3n) is 2.57. The number of hydrazine groups is 1. The van der Waals surface area contributed by atoms with Crippen LogP contribution in [0.2, 0.25) is 0 Å². The Morgan fingerprint density at radius 1 is 1.27 bits per heavy atom. The lowest BCUT2D eigenvalue weighted by atomic mass is 10.1. The Kier molecular flexibility index (Phi) is 5.40. The standard InChI is InChI=1S/C10H15F2N3O6S/c1-9(2,3)15(14-5-4-10(11,12)6-14)8(17)21-20-7(16)13-22(18)19/h4-6H2,1-3H3. The fraction of sp³-hybridized carbons (Fsp3) is 0.800. The highest BCUT2D eigenvalue weighted by Gasteiger charge is 2.45. The van der Waals surface area contributed by atoms with Crippen molar-refractivity contribution in [3.63, 3.8) is 0 Å². The van der Waals surface area contributed by atoms with Crippen LogP contribution in [0.5, 0.6) is 0 Å². The van der Waals surface area contributed by atoms with Gasteiger partial charge in [-0.2, -0.15) is 8.42 Å². The molecule has 1 saturated heterocycles. The molecule has 0 bridgehead atoms. The van der Waals surface area contributed by atoms with Crippen LogP contribution in [-0.2, 0) is 20.3 Å². The molecule has 0 aromatic heterocycles. The molecule has 1 rings (SSSR count). The molecule has 0 atom stereocenters. The maximum atomic E-state index is 13.3. The van der Waals surface area contributed by atoms with E-state index < -0.39 is 47.1 Å². The van der Waals surface area contributed by atoms with E-state index in [2.05, 4.69) is 14.1 Å². The summed E-state index contributed by atoms with van der Waals surface area (Å²) in [5.41, 5.74) is -0.942. The Morgan fingerprint density at radius 2 is 1.86 bits per heavy atom. The normalized spacial score (nSPS) is 17.7. The maximum Gasteiger partial charge on any atom is 0.490 e. The molecular formula is C10H15F2N3O6S. The summed E-state index contributed by atoms with van der Waals surface area (Å²) in [5.74, 6) is -2.95. The molecule has 0 aromatic carbocycles. The highest BCUT2D eigenvalue weighted by Crippen LogP contribution is 2.31. The molecule has 9 nitrogen and oxygen atoms in total. The fourth-order valence-electron chi connectivity index (χ4n) is 1.88. The molecule has 0 aromatic rings. The number of nitrogens with zero attached hydrogens (tertiary/aromatic N) is 3. The lowest BCUT2D eigenvalue weighted by Gasteiger charge is -2.39. The molecule has 0 radical (unpaired) electrons. The highest BCUT2D eigenvalue weighted by molar-refractivity contribution is 7.62. The van der Waals surface area contributed by atoms with E-state index in [1.54, 1.807) is 20.8 Å². The minimum absolute atomic E-state index is 0.0950. The first-order chi connectivity index (χ1) is 9.92. The van der Waals surface area contributed by atoms with Gasteiger partial charge in [-0.1, -0.05) is 4.36 Å². The van der Waals surface area contributed by atoms with Crippen LogP contribution >= 0.6 is 0 Å². The lowest BCUT2D eigenvalue weighted by Crippen LogP contribution is -2.55. The van der Waals surface area contributed by atoms with Crippen molar-refractivity contribution in [3.8, 4) is 0 Å². The van der Waals surface area contributed by atoms with Crippen molar-refractivity contribution < 1.29 is 36.6 Å². The average Bonchev–Trinajstić information content (AvgIpc) is 2.64. The molecule has 0 aliphatic carbocycles. The number of alkyl halides is 2. The van der Waals surface area contributed by atoms with Gasteiger partial charge in [0.05, 0.1) is 12.1 Å². The van der Waals surface area contributed by atoms with Crippen molar-refractivity contribution in [2.45, 2.75) is 38.7 Å². The van der Waals surface area contributed by atoms with Gasteiger partial charge < -0.3 is 0 Å². The summed E-state index contributed by atoms with van der Waals surface area (Å²) in [4.78, 5) is 30.8. The van der Waals surface area contributed by atoms with Crippen LogP contribution in [-0.4, -0.2) is 55.2 Å². The van der Waals surface area contributed by atoms with E-state index in [-0.39, 0.29) is 6.54 Å². The Balaban J connectivity index is 2.79. The lowest BCUT2D eigenvalue weighted by molar-refractivity contribution is -0.208. The van der Waals surface area contributed by atoms with Gasteiger partial charge in [-0.05, 0) is 20.8 Å². The van der Waals surface area contributed by atoms with Gasteiger partial charge in [0.1, 0.15) is 0 Å². The topological polar surface area (TPSA) is 106 Å². The number of hydrogen-bond acceptors (Lipinski definition) is 7. The van der Waals surface area contributed by atoms with Crippen molar-refractivity contribution in [1.29, 1.82) is 0 Å². The van der Waals surface area contributed by atoms with E-state index in [0.717, 1.165) is 10.0 Å². The third-order valence-corrected chi connectivity index (χ3v) is 2.87. The van der Waals surface area contributed by atoms with E-state index in [1.165, 1.54) is 0 Å². The zero-order valence-electron chi connectivity index (χ0n) is 12.1. The van der Waals surface area contributed by atoms with E-state index in [4.69, 9.17) is 0 Å². The van der Waals surface area contributed by atoms with Crippen LogP contribution in [0.3, 0.4) is 0 Å². The zero-order valence-corrected chi connectivity index (χ0v) is 12.9. The summed E-state index contributed by atoms with van der Waals surface area (Å²) >= 11 is 0. The van der Waals surface area contributed by atoms with Gasteiger partial charge in [0.2, 0.25) is 0 Å². The molecular weight excluding hydrogens is 328 g/mol. The smallest absolute Gasteiger partial charge is 0.232 e. The summed E-state index contributed by atoms with van der Waals surface area (Å²) in [5, 5.41) is 1.94. The van der Waals surface area contributed by atoms with Gasteiger partial charge >= 0.3 is 22.7 Å². The molecule has 0 saturated carbocycles. The number of hydrogen-bond donors (Lipinski definition) is 0. The quantitative estimate of drug-likeness (QED) is 0.526. The summed E-state index contributed by atoms with van der Waals surface area (Å²) in [6.45, 7) is 3.89. The second-order valence-electron chi connectivity index (χ2n) is 5.48. The molecule has 1 heterocycles. The van der Waals surface area contributed by atoms with Crippen LogP contribution in [0, 0.1) is 0 Å². The van der Waals surface area contributed by atoms with E-state index in [9.17, 15) is 26.8 Å². The monoisotopic (exact) mass is 343 g/mol. The van der Waals surface area contributed by atoms with Crippen LogP contribution < -0.4 is 0 Å². The van der Waals surface area contributed by atoms with Gasteiger partial charge in [-0.25, -0.2) is 38.2 Å². The largest absolute Gasteiger partial charge is 0.490 e. The maximum absolute atomic E-state index is 13.3. The summed E-state index contributed by atoms with van der Waals surface area (Å²) in [6.07, 6.45) is -3.34. The molecule has 0 unspecified atom stereocenters. The van der Waals surface area contributed by atoms with Crippen LogP contribution in [0.15, 0.2) is 4.36 Å². The molecule has 1 aliphatic rings. The van der Waals surface area contributed by atoms with Gasteiger partial charge in [0, 0.05) is 13.0 Å². The first kappa shape index (κ1) is 18.2. The van der Waals surface area contributed by atoms with Crippen LogP contribution in [0.4, 0.5) is 18.4 Å². The molecule has 1 aliphatic heterocycles. The van der Waals surface area contributed by atoms with E-state index in [1.807, 2.05) is 0 Å². The van der Waals surface area contributed by atoms with E-state index in [0.29, 0.717) is 0 Å². The average molecular weight is 343 g/mol. The van der Waals surface area contributed by atoms with Crippen molar-refractivity contribution in [3.05, 3.63) is 0 Å². The Hall–Kier alpha value is -1.82. The fourth-order valence-corrected chi connectivity index (χ4v) is 2.04. The number of amides is 2. The third kappa shape index (κ3) is 5.18. The minimum atomic E-state index is -3.06. The van der Waals surface area contributed by atoms with Crippen LogP contribution in [0.1, 0.15) is 27.2 Å². The van der Waals surface area contributed by atoms with Crippen molar-refractivity contribution in [1.82, 2.24) is 10.0 Å². The first-order valence-corrected chi connectivity index (χ1v) is 7.12. The second-order valence-corrected chi connectivity index (χ2v) is 6.10. The van der Waals surface area contributed by atoms with Gasteiger partial charge in [0.15, 0.2) is 0 Å². The highest BCUT2D eigenvalue weighted by atomic mass is 32.2. The Bertz CT molecular complexity index is 578. The molecule has 12 heteroatoms. The molecule has 0 N–H and O–H groups in total. The number of carbonyl (C=O) groups excluding carboxylic acids is 2. The minimum Gasteiger partial charge on any atom is -0.232 e. The van der Waals surface area contributed by atoms with E-state index >= 15 is 0 Å². The Morgan fingerprint density at radius 3 is 2.27 bits per heavy atom. The molecule has 2 amide bonds. The number of carbonyl (C=O) groups is 2. The van der Waals surface area contributed by atoms with Crippen molar-refractivity contribution in [2.24, 2.45) is 4.36 Å². The van der Waals surface area contributed by atoms with Crippen LogP contribution in [0.25, 0.3) is 0 Å². The second kappa shape index (κ2) is 6.52. The van der Waals surface area contributed by atoms with Crippen molar-refractivity contribution in [2.75, 3.05) is 13.1 Å². The van der Waals surface area contributed by atoms with Gasteiger partial charge in [-0.3, -0.25) is 0 Å². The van der Waals surface area contributed by atoms with Gasteiger partial charge in [0.25, 0.3) is 5.92 Å². The van der Waals surface area contributed by atoms with Gasteiger partial charge in [-0.15, -0.1) is 0 Å². The molecule has 1 fully saturated rings. The van der Waals surface area contributed by atoms with Crippen molar-refractivity contribution >= 4 is 22.7 Å². The zero-order chi connectivity index (χ0) is 17.1. The molecule has 0 spiro atoms. The SMILES string of the molecule is CC(C)(C)N(C(=O)OOC(=O)N=S(=O)=O)N1CCC(F)(F)C1. The summed E-state index contributed by atoms with van der Waals surface area (Å²) < 4.78 is 49.2. The number of halogens is 2. The predicted molar refractivity (Wildman–Crippen MR) is 67.0 cm³/mol. The predicted octanol–water partition coefficient (Wildman–Crippen LogP) is 1.59. The number of rotatable bonds is 1. The molecule has 126 valence electrons.